The van der Waals surface area contributed by atoms with E-state index in [2.05, 4.69) is 20.5 Å². The molecule has 0 radical (unpaired) electrons. The number of aryl methyl sites for hydroxylation is 1. The van der Waals surface area contributed by atoms with Crippen LogP contribution in [0.3, 0.4) is 0 Å². The van der Waals surface area contributed by atoms with Crippen LogP contribution in [0.5, 0.6) is 0 Å². The van der Waals surface area contributed by atoms with Crippen LogP contribution in [0.15, 0.2) is 47.6 Å². The van der Waals surface area contributed by atoms with E-state index in [9.17, 15) is 31.5 Å². The van der Waals surface area contributed by atoms with Crippen LogP contribution in [-0.4, -0.2) is 62.1 Å². The molecule has 1 aromatic carbocycles. The van der Waals surface area contributed by atoms with E-state index in [1.807, 2.05) is 11.0 Å². The standard InChI is InChI=1S/C29H27ClF3N7O4S/c1-16-20(6-9-39-25(16)36-37-27(39)29(31,32)33)21(12-24(41)42)17-4-5-22-18(10-17)14-38-15-28(35-22)7-2-3-8-40(28)26-23(45(38,43)44)11-19(30)13-34-26/h4-6,9-11,13,21,35H,2-3,7-8,12,14-15H2,1H3,(H,41,42)/t21-,28-/m0/s1. The lowest BCUT2D eigenvalue weighted by molar-refractivity contribution is -0.145. The monoisotopic (exact) mass is 661 g/mol. The van der Waals surface area contributed by atoms with E-state index >= 15 is 0 Å². The quantitative estimate of drug-likeness (QED) is 0.309. The number of aliphatic carboxylic acids is 1. The number of hydrogen-bond donors (Lipinski definition) is 2. The van der Waals surface area contributed by atoms with E-state index in [1.165, 1.54) is 28.8 Å². The number of rotatable bonds is 4. The summed E-state index contributed by atoms with van der Waals surface area (Å²) in [4.78, 5) is 18.6. The Hall–Kier alpha value is -3.95. The summed E-state index contributed by atoms with van der Waals surface area (Å²) in [6.07, 6.45) is -0.0599. The molecule has 3 aliphatic rings. The Morgan fingerprint density at radius 3 is 2.76 bits per heavy atom. The topological polar surface area (TPSA) is 133 Å². The molecule has 45 heavy (non-hydrogen) atoms. The van der Waals surface area contributed by atoms with Crippen LogP contribution in [0.25, 0.3) is 5.65 Å². The first-order valence-corrected chi connectivity index (χ1v) is 16.1. The van der Waals surface area contributed by atoms with Crippen LogP contribution in [0.2, 0.25) is 5.02 Å². The fourth-order valence-electron chi connectivity index (χ4n) is 6.92. The summed E-state index contributed by atoms with van der Waals surface area (Å²) < 4.78 is 70.9. The lowest BCUT2D eigenvalue weighted by Crippen LogP contribution is -2.61. The lowest BCUT2D eigenvalue weighted by Gasteiger charge is -2.48. The average molecular weight is 662 g/mol. The molecule has 2 bridgehead atoms. The van der Waals surface area contributed by atoms with Gasteiger partial charge in [0.15, 0.2) is 11.5 Å². The number of piperidine rings is 1. The molecule has 1 saturated heterocycles. The Morgan fingerprint density at radius 1 is 1.20 bits per heavy atom. The average Bonchev–Trinajstić information content (AvgIpc) is 3.33. The van der Waals surface area contributed by atoms with Gasteiger partial charge in [-0.15, -0.1) is 10.2 Å². The number of nitrogens with zero attached hydrogens (tertiary/aromatic N) is 6. The van der Waals surface area contributed by atoms with Crippen LogP contribution < -0.4 is 10.2 Å². The number of anilines is 2. The van der Waals surface area contributed by atoms with Gasteiger partial charge in [0, 0.05) is 37.1 Å². The fourth-order valence-corrected chi connectivity index (χ4v) is 8.78. The Balaban J connectivity index is 1.35. The second-order valence-electron chi connectivity index (χ2n) is 11.7. The maximum atomic E-state index is 14.1. The van der Waals surface area contributed by atoms with Crippen molar-refractivity contribution in [2.75, 3.05) is 23.3 Å². The smallest absolute Gasteiger partial charge is 0.452 e. The second kappa shape index (κ2) is 10.3. The van der Waals surface area contributed by atoms with Crippen molar-refractivity contribution in [2.45, 2.75) is 61.8 Å². The number of benzene rings is 1. The molecule has 7 rings (SSSR count). The first kappa shape index (κ1) is 29.7. The third-order valence-electron chi connectivity index (χ3n) is 8.97. The molecule has 3 atom stereocenters. The summed E-state index contributed by atoms with van der Waals surface area (Å²) >= 11 is 6.22. The molecule has 4 aromatic rings. The van der Waals surface area contributed by atoms with Gasteiger partial charge in [-0.25, -0.2) is 13.4 Å². The Bertz CT molecular complexity index is 1990. The number of halogens is 4. The summed E-state index contributed by atoms with van der Waals surface area (Å²) in [5, 5.41) is 20.8. The van der Waals surface area contributed by atoms with Gasteiger partial charge in [-0.2, -0.15) is 17.5 Å². The number of pyridine rings is 2. The molecular formula is C29H27ClF3N7O4S. The SMILES string of the molecule is Cc1c([C@@H](CC(=O)O)c2ccc3c(c2)CN2C[C@@]4(CCCCN4c4ncc(Cl)cc4S2(=O)=O)N3)ccn2c(C(F)(F)F)nnc12. The van der Waals surface area contributed by atoms with Crippen molar-refractivity contribution in [1.29, 1.82) is 0 Å². The van der Waals surface area contributed by atoms with Crippen LogP contribution in [0, 0.1) is 6.92 Å². The van der Waals surface area contributed by atoms with Crippen molar-refractivity contribution >= 4 is 44.7 Å². The molecule has 0 saturated carbocycles. The zero-order valence-corrected chi connectivity index (χ0v) is 25.4. The predicted molar refractivity (Wildman–Crippen MR) is 158 cm³/mol. The van der Waals surface area contributed by atoms with Crippen molar-refractivity contribution in [3.63, 3.8) is 0 Å². The second-order valence-corrected chi connectivity index (χ2v) is 14.0. The highest BCUT2D eigenvalue weighted by atomic mass is 35.5. The van der Waals surface area contributed by atoms with Gasteiger partial charge >= 0.3 is 12.1 Å². The Labute approximate surface area is 260 Å². The van der Waals surface area contributed by atoms with Crippen molar-refractivity contribution < 1.29 is 31.5 Å². The first-order chi connectivity index (χ1) is 21.3. The molecule has 1 fully saturated rings. The van der Waals surface area contributed by atoms with E-state index in [0.29, 0.717) is 46.7 Å². The molecule has 16 heteroatoms. The largest absolute Gasteiger partial charge is 0.481 e. The number of aromatic nitrogens is 4. The van der Waals surface area contributed by atoms with Gasteiger partial charge in [0.2, 0.25) is 15.8 Å². The molecule has 3 aliphatic heterocycles. The molecule has 6 heterocycles. The van der Waals surface area contributed by atoms with Crippen molar-refractivity contribution in [3.05, 3.63) is 75.8 Å². The highest BCUT2D eigenvalue weighted by Gasteiger charge is 2.50. The number of nitrogens with one attached hydrogen (secondary N) is 1. The van der Waals surface area contributed by atoms with Gasteiger partial charge < -0.3 is 15.3 Å². The maximum Gasteiger partial charge on any atom is 0.452 e. The minimum atomic E-state index is -4.72. The highest BCUT2D eigenvalue weighted by molar-refractivity contribution is 7.89. The van der Waals surface area contributed by atoms with Gasteiger partial charge in [-0.3, -0.25) is 9.20 Å². The Kier molecular flexibility index (Phi) is 6.80. The number of carboxylic acids is 1. The van der Waals surface area contributed by atoms with Crippen molar-refractivity contribution in [2.24, 2.45) is 0 Å². The zero-order chi connectivity index (χ0) is 31.9. The molecule has 2 N–H and O–H groups in total. The van der Waals surface area contributed by atoms with Gasteiger partial charge in [0.05, 0.1) is 18.0 Å². The molecular weight excluding hydrogens is 635 g/mol. The van der Waals surface area contributed by atoms with Gasteiger partial charge in [-0.05, 0) is 66.6 Å². The van der Waals surface area contributed by atoms with Gasteiger partial charge in [0.1, 0.15) is 10.6 Å². The van der Waals surface area contributed by atoms with E-state index in [1.54, 1.807) is 19.1 Å². The van der Waals surface area contributed by atoms with Crippen LogP contribution in [-0.2, 0) is 27.5 Å². The number of alkyl halides is 3. The minimum Gasteiger partial charge on any atom is -0.481 e. The molecule has 11 nitrogen and oxygen atoms in total. The normalized spacial score (nSPS) is 22.8. The fraction of sp³-hybridized carbons (Fsp3) is 0.379. The maximum absolute atomic E-state index is 14.1. The number of fused-ring (bicyclic) bond motifs is 5. The molecule has 1 spiro atoms. The third-order valence-corrected chi connectivity index (χ3v) is 11.0. The van der Waals surface area contributed by atoms with E-state index in [4.69, 9.17) is 11.6 Å². The van der Waals surface area contributed by atoms with E-state index in [0.717, 1.165) is 17.2 Å². The van der Waals surface area contributed by atoms with Crippen LogP contribution in [0.4, 0.5) is 24.7 Å². The number of carbonyl (C=O) groups is 1. The molecule has 0 aliphatic carbocycles. The van der Waals surface area contributed by atoms with E-state index < -0.39 is 39.6 Å². The third kappa shape index (κ3) is 4.79. The number of sulfonamides is 1. The summed E-state index contributed by atoms with van der Waals surface area (Å²) in [6, 6.07) is 8.24. The highest BCUT2D eigenvalue weighted by Crippen LogP contribution is 2.45. The van der Waals surface area contributed by atoms with E-state index in [-0.39, 0.29) is 35.1 Å². The molecule has 0 amide bonds. The molecule has 236 valence electrons. The Morgan fingerprint density at radius 2 is 2.00 bits per heavy atom. The molecule has 1 unspecified atom stereocenters. The van der Waals surface area contributed by atoms with Gasteiger partial charge in [0.25, 0.3) is 0 Å². The summed E-state index contributed by atoms with van der Waals surface area (Å²) in [5.74, 6) is -2.71. The van der Waals surface area contributed by atoms with Crippen molar-refractivity contribution in [3.8, 4) is 0 Å². The summed E-state index contributed by atoms with van der Waals surface area (Å²) in [6.45, 7) is 2.32. The lowest BCUT2D eigenvalue weighted by atomic mass is 9.85. The zero-order valence-electron chi connectivity index (χ0n) is 23.8. The predicted octanol–water partition coefficient (Wildman–Crippen LogP) is 5.03. The number of hydrogen-bond acceptors (Lipinski definition) is 8. The summed E-state index contributed by atoms with van der Waals surface area (Å²) in [7, 11) is -4.05. The van der Waals surface area contributed by atoms with Gasteiger partial charge in [-0.1, -0.05) is 23.7 Å². The van der Waals surface area contributed by atoms with Crippen LogP contribution >= 0.6 is 11.6 Å². The van der Waals surface area contributed by atoms with Crippen LogP contribution in [0.1, 0.15) is 59.7 Å². The minimum absolute atomic E-state index is 0.00300. The number of carboxylic acid groups (broad SMARTS) is 1. The first-order valence-electron chi connectivity index (χ1n) is 14.3. The van der Waals surface area contributed by atoms with Crippen molar-refractivity contribution in [1.82, 2.24) is 23.9 Å². The summed E-state index contributed by atoms with van der Waals surface area (Å²) in [5.41, 5.74) is 1.92. The molecule has 3 aromatic heterocycles.